The number of sulfonamides is 1. The molecule has 1 aliphatic rings. The van der Waals surface area contributed by atoms with Gasteiger partial charge in [0.1, 0.15) is 11.5 Å². The first kappa shape index (κ1) is 17.6. The Kier molecular flexibility index (Phi) is 4.87. The van der Waals surface area contributed by atoms with Crippen molar-refractivity contribution in [1.82, 2.24) is 19.0 Å². The Morgan fingerprint density at radius 3 is 2.32 bits per heavy atom. The summed E-state index contributed by atoms with van der Waals surface area (Å²) in [5.41, 5.74) is 0.358. The molecule has 7 nitrogen and oxygen atoms in total. The van der Waals surface area contributed by atoms with Gasteiger partial charge < -0.3 is 4.90 Å². The molecule has 3 rings (SSSR count). The highest BCUT2D eigenvalue weighted by molar-refractivity contribution is 7.89. The minimum atomic E-state index is -3.68. The molecule has 9 heteroatoms. The third-order valence-corrected chi connectivity index (χ3v) is 6.07. The van der Waals surface area contributed by atoms with E-state index in [0.717, 1.165) is 12.1 Å². The van der Waals surface area contributed by atoms with E-state index < -0.39 is 15.8 Å². The molecular formula is C16H19FN4O3S. The number of halogens is 1. The Hall–Kier alpha value is -2.26. The van der Waals surface area contributed by atoms with Crippen molar-refractivity contribution in [2.45, 2.75) is 18.4 Å². The molecule has 25 heavy (non-hydrogen) atoms. The fraction of sp³-hybridized carbons (Fsp3) is 0.375. The van der Waals surface area contributed by atoms with Gasteiger partial charge in [0.05, 0.1) is 4.90 Å². The van der Waals surface area contributed by atoms with Crippen LogP contribution in [0.25, 0.3) is 0 Å². The minimum absolute atomic E-state index is 0.0513. The number of hydrogen-bond acceptors (Lipinski definition) is 4. The van der Waals surface area contributed by atoms with Crippen molar-refractivity contribution >= 4 is 15.9 Å². The first-order valence-electron chi connectivity index (χ1n) is 8.00. The SMILES string of the molecule is CCn1ccc(C(=O)N2CCN(S(=O)(=O)c3ccc(F)cc3)CC2)n1. The lowest BCUT2D eigenvalue weighted by Gasteiger charge is -2.33. The Bertz CT molecular complexity index is 856. The number of nitrogens with zero attached hydrogens (tertiary/aromatic N) is 4. The molecule has 0 bridgehead atoms. The standard InChI is InChI=1S/C16H19FN4O3S/c1-2-20-8-7-15(18-20)16(22)19-9-11-21(12-10-19)25(23,24)14-5-3-13(17)4-6-14/h3-8H,2,9-12H2,1H3. The number of amides is 1. The molecule has 1 fully saturated rings. The van der Waals surface area contributed by atoms with E-state index in [1.54, 1.807) is 21.8 Å². The van der Waals surface area contributed by atoms with Crippen molar-refractivity contribution < 1.29 is 17.6 Å². The molecule has 1 aromatic carbocycles. The summed E-state index contributed by atoms with van der Waals surface area (Å²) in [5, 5.41) is 4.19. The molecule has 134 valence electrons. The third kappa shape index (κ3) is 3.57. The van der Waals surface area contributed by atoms with Crippen LogP contribution >= 0.6 is 0 Å². The first-order valence-corrected chi connectivity index (χ1v) is 9.44. The molecule has 0 atom stereocenters. The molecule has 0 spiro atoms. The van der Waals surface area contributed by atoms with Crippen molar-refractivity contribution in [2.75, 3.05) is 26.2 Å². The van der Waals surface area contributed by atoms with E-state index in [2.05, 4.69) is 5.10 Å². The molecule has 1 aromatic heterocycles. The van der Waals surface area contributed by atoms with E-state index >= 15 is 0 Å². The topological polar surface area (TPSA) is 75.5 Å². The second kappa shape index (κ2) is 6.93. The third-order valence-electron chi connectivity index (χ3n) is 4.16. The minimum Gasteiger partial charge on any atom is -0.335 e. The van der Waals surface area contributed by atoms with E-state index in [-0.39, 0.29) is 37.0 Å². The number of aromatic nitrogens is 2. The quantitative estimate of drug-likeness (QED) is 0.815. The Morgan fingerprint density at radius 1 is 1.12 bits per heavy atom. The summed E-state index contributed by atoms with van der Waals surface area (Å²) in [7, 11) is -3.68. The van der Waals surface area contributed by atoms with Gasteiger partial charge in [0, 0.05) is 38.9 Å². The van der Waals surface area contributed by atoms with Crippen molar-refractivity contribution in [1.29, 1.82) is 0 Å². The molecular weight excluding hydrogens is 347 g/mol. The molecule has 1 saturated heterocycles. The molecule has 2 heterocycles. The van der Waals surface area contributed by atoms with Crippen molar-refractivity contribution in [3.63, 3.8) is 0 Å². The summed E-state index contributed by atoms with van der Waals surface area (Å²) < 4.78 is 41.1. The van der Waals surface area contributed by atoms with Crippen LogP contribution < -0.4 is 0 Å². The Morgan fingerprint density at radius 2 is 1.76 bits per heavy atom. The number of benzene rings is 1. The van der Waals surface area contributed by atoms with Gasteiger partial charge in [-0.05, 0) is 37.3 Å². The second-order valence-corrected chi connectivity index (χ2v) is 7.64. The average Bonchev–Trinajstić information content (AvgIpc) is 3.11. The van der Waals surface area contributed by atoms with Gasteiger partial charge >= 0.3 is 0 Å². The molecule has 2 aromatic rings. The summed E-state index contributed by atoms with van der Waals surface area (Å²) in [5.74, 6) is -0.688. The van der Waals surface area contributed by atoms with Crippen LogP contribution in [0.2, 0.25) is 0 Å². The predicted molar refractivity (Wildman–Crippen MR) is 89.0 cm³/mol. The van der Waals surface area contributed by atoms with Crippen LogP contribution in [0.4, 0.5) is 4.39 Å². The monoisotopic (exact) mass is 366 g/mol. The van der Waals surface area contributed by atoms with Gasteiger partial charge in [0.2, 0.25) is 10.0 Å². The lowest BCUT2D eigenvalue weighted by molar-refractivity contribution is 0.0691. The highest BCUT2D eigenvalue weighted by atomic mass is 32.2. The van der Waals surface area contributed by atoms with Gasteiger partial charge in [-0.1, -0.05) is 0 Å². The summed E-state index contributed by atoms with van der Waals surface area (Å²) in [6, 6.07) is 6.40. The fourth-order valence-electron chi connectivity index (χ4n) is 2.70. The fourth-order valence-corrected chi connectivity index (χ4v) is 4.12. The predicted octanol–water partition coefficient (Wildman–Crippen LogP) is 1.19. The number of carbonyl (C=O) groups is 1. The van der Waals surface area contributed by atoms with E-state index in [1.807, 2.05) is 6.92 Å². The van der Waals surface area contributed by atoms with E-state index in [1.165, 1.54) is 16.4 Å². The molecule has 0 saturated carbocycles. The first-order chi connectivity index (χ1) is 11.9. The summed E-state index contributed by atoms with van der Waals surface area (Å²) >= 11 is 0. The number of aryl methyl sites for hydroxylation is 1. The maximum absolute atomic E-state index is 13.0. The Labute approximate surface area is 145 Å². The van der Waals surface area contributed by atoms with Crippen LogP contribution in [-0.4, -0.2) is 59.5 Å². The molecule has 0 N–H and O–H groups in total. The normalized spacial score (nSPS) is 16.2. The maximum atomic E-state index is 13.0. The van der Waals surface area contributed by atoms with Gasteiger partial charge in [-0.25, -0.2) is 12.8 Å². The number of rotatable bonds is 4. The molecule has 0 aliphatic carbocycles. The zero-order valence-electron chi connectivity index (χ0n) is 13.8. The number of carbonyl (C=O) groups excluding carboxylic acids is 1. The smallest absolute Gasteiger partial charge is 0.274 e. The lowest BCUT2D eigenvalue weighted by Crippen LogP contribution is -2.50. The van der Waals surface area contributed by atoms with Crippen LogP contribution in [0, 0.1) is 5.82 Å². The van der Waals surface area contributed by atoms with E-state index in [4.69, 9.17) is 0 Å². The molecule has 0 unspecified atom stereocenters. The number of piperazine rings is 1. The largest absolute Gasteiger partial charge is 0.335 e. The molecule has 0 radical (unpaired) electrons. The summed E-state index contributed by atoms with van der Waals surface area (Å²) in [6.07, 6.45) is 1.74. The molecule has 1 aliphatic heterocycles. The van der Waals surface area contributed by atoms with Crippen molar-refractivity contribution in [3.8, 4) is 0 Å². The Balaban J connectivity index is 1.67. The average molecular weight is 366 g/mol. The van der Waals surface area contributed by atoms with Gasteiger partial charge in [-0.3, -0.25) is 9.48 Å². The van der Waals surface area contributed by atoms with Crippen LogP contribution in [0.5, 0.6) is 0 Å². The van der Waals surface area contributed by atoms with E-state index in [9.17, 15) is 17.6 Å². The van der Waals surface area contributed by atoms with Crippen molar-refractivity contribution in [2.24, 2.45) is 0 Å². The van der Waals surface area contributed by atoms with Crippen molar-refractivity contribution in [3.05, 3.63) is 48.0 Å². The van der Waals surface area contributed by atoms with E-state index in [0.29, 0.717) is 12.2 Å². The maximum Gasteiger partial charge on any atom is 0.274 e. The van der Waals surface area contributed by atoms with Gasteiger partial charge in [-0.2, -0.15) is 9.40 Å². The zero-order chi connectivity index (χ0) is 18.0. The van der Waals surface area contributed by atoms with Gasteiger partial charge in [-0.15, -0.1) is 0 Å². The van der Waals surface area contributed by atoms with Gasteiger partial charge in [0.15, 0.2) is 0 Å². The second-order valence-electron chi connectivity index (χ2n) is 5.71. The van der Waals surface area contributed by atoms with Crippen LogP contribution in [0.1, 0.15) is 17.4 Å². The summed E-state index contributed by atoms with van der Waals surface area (Å²) in [6.45, 7) is 3.58. The van der Waals surface area contributed by atoms with Crippen LogP contribution in [0.15, 0.2) is 41.4 Å². The lowest BCUT2D eigenvalue weighted by atomic mass is 10.3. The highest BCUT2D eigenvalue weighted by Crippen LogP contribution is 2.18. The number of hydrogen-bond donors (Lipinski definition) is 0. The highest BCUT2D eigenvalue weighted by Gasteiger charge is 2.31. The van der Waals surface area contributed by atoms with Gasteiger partial charge in [0.25, 0.3) is 5.91 Å². The molecule has 1 amide bonds. The van der Waals surface area contributed by atoms with Crippen LogP contribution in [0.3, 0.4) is 0 Å². The summed E-state index contributed by atoms with van der Waals surface area (Å²) in [4.78, 5) is 14.1. The zero-order valence-corrected chi connectivity index (χ0v) is 14.6. The van der Waals surface area contributed by atoms with Crippen LogP contribution in [-0.2, 0) is 16.6 Å².